The van der Waals surface area contributed by atoms with Gasteiger partial charge in [-0.2, -0.15) is 0 Å². The Morgan fingerprint density at radius 2 is 1.11 bits per heavy atom. The summed E-state index contributed by atoms with van der Waals surface area (Å²) in [5.41, 5.74) is 0. The summed E-state index contributed by atoms with van der Waals surface area (Å²) in [6, 6.07) is 0. The molecule has 0 aromatic heterocycles. The minimum atomic E-state index is -4.97. The third-order valence-electron chi connectivity index (χ3n) is 2.18. The van der Waals surface area contributed by atoms with Crippen LogP contribution in [0.3, 0.4) is 0 Å². The Morgan fingerprint density at radius 3 is 1.42 bits per heavy atom. The third kappa shape index (κ3) is 13.9. The van der Waals surface area contributed by atoms with Crippen molar-refractivity contribution in [2.75, 3.05) is 0 Å². The second-order valence-corrected chi connectivity index (χ2v) is 7.18. The molecule has 19 heavy (non-hydrogen) atoms. The summed E-state index contributed by atoms with van der Waals surface area (Å²) < 4.78 is 0. The standard InChI is InChI=1S/C7H18O8P2.2Na/c8-6(16(10,11)12)4-2-1-3-5-7(9)17(13,14)15;;/h6-9H,1-5H2,(H2,10,11,12)(H2,13,14,15);;/q;2*+1/p-2. The molecule has 0 heterocycles. The van der Waals surface area contributed by atoms with Gasteiger partial charge >= 0.3 is 59.1 Å². The van der Waals surface area contributed by atoms with Gasteiger partial charge in [-0.1, -0.05) is 6.42 Å². The van der Waals surface area contributed by atoms with Gasteiger partial charge in [-0.25, -0.2) is 9.79 Å². The number of aliphatic hydroxyl groups is 2. The van der Waals surface area contributed by atoms with Crippen LogP contribution in [-0.4, -0.2) is 31.7 Å². The second-order valence-electron chi connectivity index (χ2n) is 3.73. The number of rotatable bonds is 8. The predicted molar refractivity (Wildman–Crippen MR) is 53.4 cm³/mol. The third-order valence-corrected chi connectivity index (χ3v) is 4.20. The average Bonchev–Trinajstić information content (AvgIpc) is 2.13. The van der Waals surface area contributed by atoms with E-state index in [1.165, 1.54) is 0 Å². The van der Waals surface area contributed by atoms with Crippen molar-refractivity contribution in [3.8, 4) is 0 Å². The summed E-state index contributed by atoms with van der Waals surface area (Å²) in [5, 5.41) is 17.8. The van der Waals surface area contributed by atoms with Crippen LogP contribution in [0.15, 0.2) is 0 Å². The molecule has 4 N–H and O–H groups in total. The normalized spacial score (nSPS) is 15.2. The van der Waals surface area contributed by atoms with Gasteiger partial charge in [-0.15, -0.1) is 7.94 Å². The number of hydrogen-bond acceptors (Lipinski definition) is 8. The molecule has 8 nitrogen and oxygen atoms in total. The molecule has 0 rings (SSSR count). The first kappa shape index (κ1) is 26.4. The second kappa shape index (κ2) is 12.0. The van der Waals surface area contributed by atoms with Crippen molar-refractivity contribution in [3.63, 3.8) is 0 Å². The summed E-state index contributed by atoms with van der Waals surface area (Å²) in [6.45, 7) is 0. The molecule has 0 bridgehead atoms. The van der Waals surface area contributed by atoms with E-state index < -0.39 is 27.6 Å². The minimum Gasteiger partial charge on any atom is -0.686 e. The first-order valence-electron chi connectivity index (χ1n) is 4.98. The van der Waals surface area contributed by atoms with Gasteiger partial charge in [0.25, 0.3) is 7.94 Å². The van der Waals surface area contributed by atoms with Crippen molar-refractivity contribution in [2.45, 2.75) is 43.8 Å². The molecule has 0 radical (unpaired) electrons. The monoisotopic (exact) mass is 336 g/mol. The molecule has 0 aromatic rings. The average molecular weight is 336 g/mol. The van der Waals surface area contributed by atoms with Crippen LogP contribution in [0.4, 0.5) is 0 Å². The predicted octanol–water partition coefficient (Wildman–Crippen LogP) is -9.47. The van der Waals surface area contributed by atoms with Gasteiger partial charge in [0.15, 0.2) is 0 Å². The Kier molecular flexibility index (Phi) is 16.7. The zero-order valence-corrected chi connectivity index (χ0v) is 16.8. The quantitative estimate of drug-likeness (QED) is 0.192. The molecular formula is C7H16Na2O8P2. The van der Waals surface area contributed by atoms with Crippen LogP contribution in [-0.2, 0) is 0 Å². The molecule has 0 aliphatic rings. The van der Waals surface area contributed by atoms with Crippen molar-refractivity contribution >= 4 is 15.9 Å². The molecule has 0 saturated heterocycles. The van der Waals surface area contributed by atoms with E-state index in [9.17, 15) is 19.6 Å². The topological polar surface area (TPSA) is 173 Å². The molecule has 0 aliphatic heterocycles. The zero-order chi connectivity index (χ0) is 13.7. The van der Waals surface area contributed by atoms with Gasteiger partial charge < -0.3 is 29.8 Å². The number of unbranched alkanes of at least 4 members (excludes halogenated alkanes) is 2. The molecular weight excluding hydrogens is 320 g/mol. The molecule has 12 heteroatoms. The Hall–Kier alpha value is 2.54. The summed E-state index contributed by atoms with van der Waals surface area (Å²) in [4.78, 5) is 58.5. The molecule has 0 spiro atoms. The summed E-state index contributed by atoms with van der Waals surface area (Å²) >= 11 is 0. The maximum atomic E-state index is 10.5. The van der Waals surface area contributed by atoms with Crippen LogP contribution in [0.5, 0.6) is 0 Å². The van der Waals surface area contributed by atoms with Crippen LogP contribution in [0.2, 0.25) is 0 Å². The van der Waals surface area contributed by atoms with Crippen molar-refractivity contribution in [2.24, 2.45) is 0 Å². The first-order valence-corrected chi connectivity index (χ1v) is 8.27. The van der Waals surface area contributed by atoms with Gasteiger partial charge in [0.1, 0.15) is 5.85 Å². The van der Waals surface area contributed by atoms with Gasteiger partial charge in [0.2, 0.25) is 5.85 Å². The molecule has 0 amide bonds. The summed E-state index contributed by atoms with van der Waals surface area (Å²) in [5.74, 6) is -3.65. The SMILES string of the molecule is [Na+].[Na+].[O-][P+]([O-])([O-])C(O)CCCCCC(O)[P+]([O-])(O)O. The number of aliphatic hydroxyl groups excluding tert-OH is 2. The van der Waals surface area contributed by atoms with Crippen LogP contribution in [0.1, 0.15) is 32.1 Å². The molecule has 2 unspecified atom stereocenters. The van der Waals surface area contributed by atoms with E-state index in [1.807, 2.05) is 0 Å². The molecule has 0 aromatic carbocycles. The molecule has 0 saturated carbocycles. The zero-order valence-electron chi connectivity index (χ0n) is 11.0. The van der Waals surface area contributed by atoms with Crippen LogP contribution >= 0.6 is 15.9 Å². The van der Waals surface area contributed by atoms with Crippen LogP contribution in [0.25, 0.3) is 0 Å². The molecule has 0 aliphatic carbocycles. The van der Waals surface area contributed by atoms with Crippen molar-refractivity contribution in [1.29, 1.82) is 0 Å². The van der Waals surface area contributed by atoms with Crippen LogP contribution in [0, 0.1) is 0 Å². The first-order chi connectivity index (χ1) is 7.55. The fourth-order valence-corrected chi connectivity index (χ4v) is 2.17. The Labute approximate surface area is 157 Å². The molecule has 0 fully saturated rings. The van der Waals surface area contributed by atoms with Gasteiger partial charge in [-0.3, -0.25) is 0 Å². The van der Waals surface area contributed by atoms with E-state index in [-0.39, 0.29) is 84.8 Å². The van der Waals surface area contributed by atoms with Crippen molar-refractivity contribution in [1.82, 2.24) is 0 Å². The smallest absolute Gasteiger partial charge is 0.686 e. The maximum Gasteiger partial charge on any atom is 1.00 e. The van der Waals surface area contributed by atoms with Crippen LogP contribution < -0.4 is 78.7 Å². The van der Waals surface area contributed by atoms with Crippen molar-refractivity contribution < 1.29 is 98.7 Å². The van der Waals surface area contributed by atoms with Gasteiger partial charge in [0, 0.05) is 12.8 Å². The van der Waals surface area contributed by atoms with E-state index in [0.717, 1.165) is 0 Å². The van der Waals surface area contributed by atoms with Gasteiger partial charge in [-0.05, 0) is 12.8 Å². The Bertz CT molecular complexity index is 200. The Morgan fingerprint density at radius 1 is 0.737 bits per heavy atom. The Balaban J connectivity index is -0.00000128. The summed E-state index contributed by atoms with van der Waals surface area (Å²) in [7, 11) is -9.46. The van der Waals surface area contributed by atoms with Crippen molar-refractivity contribution in [3.05, 3.63) is 0 Å². The van der Waals surface area contributed by atoms with E-state index >= 15 is 0 Å². The number of hydrogen-bond donors (Lipinski definition) is 4. The van der Waals surface area contributed by atoms with E-state index in [2.05, 4.69) is 0 Å². The van der Waals surface area contributed by atoms with E-state index in [4.69, 9.17) is 20.0 Å². The molecule has 2 atom stereocenters. The molecule has 104 valence electrons. The van der Waals surface area contributed by atoms with Gasteiger partial charge in [0.05, 0.1) is 0 Å². The summed E-state index contributed by atoms with van der Waals surface area (Å²) in [6.07, 6.45) is 0.516. The van der Waals surface area contributed by atoms with E-state index in [1.54, 1.807) is 0 Å². The fourth-order valence-electron chi connectivity index (χ4n) is 1.16. The maximum absolute atomic E-state index is 10.5. The minimum absolute atomic E-state index is 0. The van der Waals surface area contributed by atoms with E-state index in [0.29, 0.717) is 6.42 Å². The largest absolute Gasteiger partial charge is 1.00 e. The fraction of sp³-hybridized carbons (Fsp3) is 1.00.